The summed E-state index contributed by atoms with van der Waals surface area (Å²) in [6.45, 7) is 11.6. The summed E-state index contributed by atoms with van der Waals surface area (Å²) in [5.41, 5.74) is 0. The summed E-state index contributed by atoms with van der Waals surface area (Å²) in [5, 5.41) is 0. The Labute approximate surface area is 104 Å². The second kappa shape index (κ2) is 10.1. The Morgan fingerprint density at radius 1 is 0.875 bits per heavy atom. The molecule has 0 aromatic carbocycles. The standard InChI is InChI=1S/C8H17N.C5H13N.CH4/c1-8(2)9-6-4-3-5-7-9;1-5(2)6(3)4;/h8H,3-7H2,1-2H3;5H,1-4H3;1H4. The first-order valence-corrected chi connectivity index (χ1v) is 6.35. The minimum atomic E-state index is 0. The zero-order valence-corrected chi connectivity index (χ0v) is 11.6. The molecule has 0 bridgehead atoms. The average molecular weight is 230 g/mol. The fraction of sp³-hybridized carbons (Fsp3) is 1.00. The quantitative estimate of drug-likeness (QED) is 0.717. The fourth-order valence-electron chi connectivity index (χ4n) is 1.43. The van der Waals surface area contributed by atoms with Crippen LogP contribution < -0.4 is 0 Å². The smallest absolute Gasteiger partial charge is 0.00385 e. The first kappa shape index (κ1) is 18.3. The Kier molecular flexibility index (Phi) is 11.5. The van der Waals surface area contributed by atoms with E-state index in [-0.39, 0.29) is 7.43 Å². The van der Waals surface area contributed by atoms with Crippen LogP contribution in [0.3, 0.4) is 0 Å². The highest BCUT2D eigenvalue weighted by molar-refractivity contribution is 4.67. The second-order valence-electron chi connectivity index (χ2n) is 5.25. The van der Waals surface area contributed by atoms with Crippen LogP contribution in [0.15, 0.2) is 0 Å². The van der Waals surface area contributed by atoms with E-state index in [9.17, 15) is 0 Å². The van der Waals surface area contributed by atoms with Crippen LogP contribution in [0.1, 0.15) is 54.4 Å². The van der Waals surface area contributed by atoms with E-state index in [1.165, 1.54) is 32.4 Å². The normalized spacial score (nSPS) is 17.1. The Hall–Kier alpha value is -0.0800. The molecule has 0 N–H and O–H groups in total. The minimum Gasteiger partial charge on any atom is -0.307 e. The Balaban J connectivity index is 0. The Morgan fingerprint density at radius 2 is 1.25 bits per heavy atom. The van der Waals surface area contributed by atoms with Crippen molar-refractivity contribution in [3.05, 3.63) is 0 Å². The summed E-state index contributed by atoms with van der Waals surface area (Å²) >= 11 is 0. The zero-order chi connectivity index (χ0) is 11.8. The maximum atomic E-state index is 2.56. The summed E-state index contributed by atoms with van der Waals surface area (Å²) in [6, 6.07) is 1.45. The lowest BCUT2D eigenvalue weighted by atomic mass is 10.1. The molecule has 1 saturated heterocycles. The van der Waals surface area contributed by atoms with Crippen LogP contribution in [0, 0.1) is 0 Å². The molecular weight excluding hydrogens is 196 g/mol. The van der Waals surface area contributed by atoms with Crippen molar-refractivity contribution in [1.29, 1.82) is 0 Å². The number of hydrogen-bond acceptors (Lipinski definition) is 2. The molecule has 2 nitrogen and oxygen atoms in total. The lowest BCUT2D eigenvalue weighted by Gasteiger charge is -2.29. The third-order valence-corrected chi connectivity index (χ3v) is 3.15. The van der Waals surface area contributed by atoms with E-state index in [1.807, 2.05) is 0 Å². The van der Waals surface area contributed by atoms with Crippen molar-refractivity contribution in [2.24, 2.45) is 0 Å². The maximum Gasteiger partial charge on any atom is 0.00385 e. The van der Waals surface area contributed by atoms with Crippen LogP contribution in [0.5, 0.6) is 0 Å². The Bertz CT molecular complexity index is 130. The molecule has 0 amide bonds. The van der Waals surface area contributed by atoms with Gasteiger partial charge in [-0.3, -0.25) is 0 Å². The van der Waals surface area contributed by atoms with E-state index in [4.69, 9.17) is 0 Å². The van der Waals surface area contributed by atoms with E-state index in [2.05, 4.69) is 51.6 Å². The molecule has 1 aliphatic rings. The molecule has 16 heavy (non-hydrogen) atoms. The summed E-state index contributed by atoms with van der Waals surface area (Å²) in [7, 11) is 4.15. The van der Waals surface area contributed by atoms with E-state index < -0.39 is 0 Å². The van der Waals surface area contributed by atoms with Gasteiger partial charge in [-0.2, -0.15) is 0 Å². The monoisotopic (exact) mass is 230 g/mol. The van der Waals surface area contributed by atoms with E-state index in [0.717, 1.165) is 6.04 Å². The average Bonchev–Trinajstić information content (AvgIpc) is 2.20. The lowest BCUT2D eigenvalue weighted by molar-refractivity contribution is 0.185. The van der Waals surface area contributed by atoms with Crippen LogP contribution in [-0.4, -0.2) is 49.1 Å². The van der Waals surface area contributed by atoms with Gasteiger partial charge in [0.15, 0.2) is 0 Å². The third-order valence-electron chi connectivity index (χ3n) is 3.15. The van der Waals surface area contributed by atoms with Crippen molar-refractivity contribution in [2.75, 3.05) is 27.2 Å². The van der Waals surface area contributed by atoms with Gasteiger partial charge in [-0.15, -0.1) is 0 Å². The molecular formula is C14H34N2. The number of piperidine rings is 1. The van der Waals surface area contributed by atoms with Crippen LogP contribution >= 0.6 is 0 Å². The van der Waals surface area contributed by atoms with Gasteiger partial charge in [-0.1, -0.05) is 13.8 Å². The van der Waals surface area contributed by atoms with E-state index >= 15 is 0 Å². The topological polar surface area (TPSA) is 6.48 Å². The first-order valence-electron chi connectivity index (χ1n) is 6.35. The van der Waals surface area contributed by atoms with Gasteiger partial charge < -0.3 is 9.80 Å². The van der Waals surface area contributed by atoms with Crippen molar-refractivity contribution in [3.63, 3.8) is 0 Å². The predicted octanol–water partition coefficient (Wildman–Crippen LogP) is 3.47. The molecule has 2 heteroatoms. The van der Waals surface area contributed by atoms with Gasteiger partial charge in [0, 0.05) is 12.1 Å². The maximum absolute atomic E-state index is 2.56. The number of rotatable bonds is 2. The van der Waals surface area contributed by atoms with Crippen molar-refractivity contribution in [3.8, 4) is 0 Å². The highest BCUT2D eigenvalue weighted by Crippen LogP contribution is 2.10. The molecule has 0 aromatic rings. The fourth-order valence-corrected chi connectivity index (χ4v) is 1.43. The van der Waals surface area contributed by atoms with Crippen molar-refractivity contribution in [1.82, 2.24) is 9.80 Å². The van der Waals surface area contributed by atoms with E-state index in [0.29, 0.717) is 6.04 Å². The minimum absolute atomic E-state index is 0. The molecule has 1 heterocycles. The molecule has 100 valence electrons. The van der Waals surface area contributed by atoms with Crippen LogP contribution in [0.2, 0.25) is 0 Å². The van der Waals surface area contributed by atoms with Gasteiger partial charge in [-0.25, -0.2) is 0 Å². The first-order chi connectivity index (χ1) is 6.95. The second-order valence-corrected chi connectivity index (χ2v) is 5.25. The van der Waals surface area contributed by atoms with Crippen LogP contribution in [-0.2, 0) is 0 Å². The molecule has 0 aromatic heterocycles. The van der Waals surface area contributed by atoms with Gasteiger partial charge in [0.2, 0.25) is 0 Å². The summed E-state index contributed by atoms with van der Waals surface area (Å²) < 4.78 is 0. The highest BCUT2D eigenvalue weighted by atomic mass is 15.1. The zero-order valence-electron chi connectivity index (χ0n) is 11.6. The van der Waals surface area contributed by atoms with E-state index in [1.54, 1.807) is 0 Å². The van der Waals surface area contributed by atoms with Crippen LogP contribution in [0.25, 0.3) is 0 Å². The van der Waals surface area contributed by atoms with Gasteiger partial charge in [-0.05, 0) is 67.7 Å². The molecule has 0 radical (unpaired) electrons. The summed E-state index contributed by atoms with van der Waals surface area (Å²) in [4.78, 5) is 4.73. The molecule has 0 atom stereocenters. The molecule has 0 saturated carbocycles. The number of hydrogen-bond donors (Lipinski definition) is 0. The van der Waals surface area contributed by atoms with Crippen molar-refractivity contribution < 1.29 is 0 Å². The SMILES string of the molecule is C.CC(C)N(C)C.CC(C)N1CCCCC1. The summed E-state index contributed by atoms with van der Waals surface area (Å²) in [5.74, 6) is 0. The molecule has 1 rings (SSSR count). The van der Waals surface area contributed by atoms with Gasteiger partial charge in [0.25, 0.3) is 0 Å². The third kappa shape index (κ3) is 9.17. The molecule has 1 fully saturated rings. The van der Waals surface area contributed by atoms with Crippen molar-refractivity contribution in [2.45, 2.75) is 66.5 Å². The molecule has 0 unspecified atom stereocenters. The van der Waals surface area contributed by atoms with Gasteiger partial charge >= 0.3 is 0 Å². The van der Waals surface area contributed by atoms with Gasteiger partial charge in [0.1, 0.15) is 0 Å². The predicted molar refractivity (Wildman–Crippen MR) is 76.1 cm³/mol. The molecule has 0 spiro atoms. The van der Waals surface area contributed by atoms with Crippen LogP contribution in [0.4, 0.5) is 0 Å². The number of nitrogens with zero attached hydrogens (tertiary/aromatic N) is 2. The largest absolute Gasteiger partial charge is 0.307 e. The number of likely N-dealkylation sites (tertiary alicyclic amines) is 1. The molecule has 0 aliphatic carbocycles. The Morgan fingerprint density at radius 3 is 1.44 bits per heavy atom. The molecule has 1 aliphatic heterocycles. The highest BCUT2D eigenvalue weighted by Gasteiger charge is 2.11. The van der Waals surface area contributed by atoms with Gasteiger partial charge in [0.05, 0.1) is 0 Å². The summed E-state index contributed by atoms with van der Waals surface area (Å²) in [6.07, 6.45) is 4.28. The lowest BCUT2D eigenvalue weighted by Crippen LogP contribution is -2.35. The van der Waals surface area contributed by atoms with Crippen molar-refractivity contribution >= 4 is 0 Å².